The number of carbonyl (C=O) groups is 1. The number of amides is 1. The van der Waals surface area contributed by atoms with Crippen molar-refractivity contribution in [3.63, 3.8) is 0 Å². The van der Waals surface area contributed by atoms with Crippen LogP contribution in [-0.4, -0.2) is 37.6 Å². The summed E-state index contributed by atoms with van der Waals surface area (Å²) in [5.74, 6) is 0.907. The summed E-state index contributed by atoms with van der Waals surface area (Å²) in [6, 6.07) is -0.345. The van der Waals surface area contributed by atoms with E-state index in [-0.39, 0.29) is 11.9 Å². The summed E-state index contributed by atoms with van der Waals surface area (Å²) >= 11 is 6.06. The van der Waals surface area contributed by atoms with Crippen molar-refractivity contribution in [2.45, 2.75) is 39.8 Å². The van der Waals surface area contributed by atoms with Crippen LogP contribution < -0.4 is 10.6 Å². The molecule has 0 bridgehead atoms. The predicted molar refractivity (Wildman–Crippen MR) is 76.9 cm³/mol. The van der Waals surface area contributed by atoms with E-state index in [9.17, 15) is 4.79 Å². The molecule has 8 heteroatoms. The largest absolute Gasteiger partial charge is 0.358 e. The van der Waals surface area contributed by atoms with Crippen LogP contribution in [0, 0.1) is 6.92 Å². The maximum absolute atomic E-state index is 12.0. The molecule has 0 radical (unpaired) electrons. The second-order valence-electron chi connectivity index (χ2n) is 4.88. The van der Waals surface area contributed by atoms with Crippen LogP contribution in [0.1, 0.15) is 26.3 Å². The molecule has 2 N–H and O–H groups in total. The number of nitrogens with one attached hydrogen (secondary N) is 2. The van der Waals surface area contributed by atoms with Crippen molar-refractivity contribution < 1.29 is 4.79 Å². The first-order chi connectivity index (χ1) is 9.40. The van der Waals surface area contributed by atoms with Gasteiger partial charge in [0.05, 0.1) is 0 Å². The van der Waals surface area contributed by atoms with E-state index in [4.69, 9.17) is 11.6 Å². The van der Waals surface area contributed by atoms with Gasteiger partial charge in [-0.3, -0.25) is 4.79 Å². The third-order valence-corrected chi connectivity index (χ3v) is 3.15. The third-order valence-electron chi connectivity index (χ3n) is 2.78. The molecule has 2 aromatic rings. The number of anilines is 1. The highest BCUT2D eigenvalue weighted by Gasteiger charge is 2.18. The Balaban J connectivity index is 2.31. The van der Waals surface area contributed by atoms with Gasteiger partial charge >= 0.3 is 0 Å². The van der Waals surface area contributed by atoms with Crippen molar-refractivity contribution in [3.05, 3.63) is 17.0 Å². The van der Waals surface area contributed by atoms with Crippen LogP contribution in [0.5, 0.6) is 0 Å². The Bertz CT molecular complexity index is 638. The molecule has 2 aromatic heterocycles. The number of nitrogens with zero attached hydrogens (tertiary/aromatic N) is 4. The van der Waals surface area contributed by atoms with Gasteiger partial charge in [0.1, 0.15) is 23.3 Å². The molecule has 7 nitrogen and oxygen atoms in total. The maximum atomic E-state index is 12.0. The zero-order valence-electron chi connectivity index (χ0n) is 11.8. The minimum atomic E-state index is -0.429. The van der Waals surface area contributed by atoms with Crippen molar-refractivity contribution in [2.24, 2.45) is 0 Å². The molecule has 0 saturated carbocycles. The van der Waals surface area contributed by atoms with Crippen molar-refractivity contribution in [3.8, 4) is 0 Å². The number of hydrogen-bond acceptors (Lipinski definition) is 5. The van der Waals surface area contributed by atoms with Gasteiger partial charge in [0.2, 0.25) is 5.91 Å². The Morgan fingerprint density at radius 2 is 2.10 bits per heavy atom. The molecule has 2 rings (SSSR count). The van der Waals surface area contributed by atoms with Gasteiger partial charge in [-0.05, 0) is 27.7 Å². The van der Waals surface area contributed by atoms with E-state index in [1.165, 1.54) is 10.8 Å². The average Bonchev–Trinajstić information content (AvgIpc) is 2.81. The van der Waals surface area contributed by atoms with Gasteiger partial charge in [0.15, 0.2) is 0 Å². The van der Waals surface area contributed by atoms with Crippen LogP contribution in [0.25, 0.3) is 5.78 Å². The van der Waals surface area contributed by atoms with Gasteiger partial charge in [0, 0.05) is 11.6 Å². The van der Waals surface area contributed by atoms with Crippen LogP contribution in [0.4, 0.5) is 5.82 Å². The molecule has 0 aromatic carbocycles. The molecule has 0 aliphatic rings. The van der Waals surface area contributed by atoms with Crippen molar-refractivity contribution in [2.75, 3.05) is 5.32 Å². The summed E-state index contributed by atoms with van der Waals surface area (Å²) in [6.07, 6.45) is 1.39. The summed E-state index contributed by atoms with van der Waals surface area (Å²) in [4.78, 5) is 20.1. The first-order valence-electron chi connectivity index (χ1n) is 6.33. The molecule has 0 aliphatic carbocycles. The lowest BCUT2D eigenvalue weighted by Gasteiger charge is -2.18. The monoisotopic (exact) mass is 296 g/mol. The summed E-state index contributed by atoms with van der Waals surface area (Å²) in [7, 11) is 0. The number of hydrogen-bond donors (Lipinski definition) is 2. The molecule has 0 fully saturated rings. The average molecular weight is 297 g/mol. The normalized spacial score (nSPS) is 12.7. The van der Waals surface area contributed by atoms with E-state index in [0.29, 0.717) is 22.3 Å². The number of carbonyl (C=O) groups excluding carboxylic acids is 1. The summed E-state index contributed by atoms with van der Waals surface area (Å²) in [5, 5.41) is 10.4. The minimum absolute atomic E-state index is 0.0836. The zero-order chi connectivity index (χ0) is 14.9. The highest BCUT2D eigenvalue weighted by Crippen LogP contribution is 2.22. The van der Waals surface area contributed by atoms with Crippen LogP contribution in [0.2, 0.25) is 5.15 Å². The standard InChI is InChI=1S/C12H17ClN6O/c1-6(2)16-11(20)8(4)17-10-7(3)9(13)18-12-14-5-15-19(10)12/h5-6,8,17H,1-4H3,(H,16,20). The van der Waals surface area contributed by atoms with E-state index >= 15 is 0 Å². The topological polar surface area (TPSA) is 84.2 Å². The van der Waals surface area contributed by atoms with Gasteiger partial charge in [-0.25, -0.2) is 0 Å². The fraction of sp³-hybridized carbons (Fsp3) is 0.500. The Hall–Kier alpha value is -1.89. The Kier molecular flexibility index (Phi) is 4.08. The lowest BCUT2D eigenvalue weighted by Crippen LogP contribution is -2.41. The third kappa shape index (κ3) is 2.82. The molecule has 2 heterocycles. The SMILES string of the molecule is Cc1c(Cl)nc2ncnn2c1NC(C)C(=O)NC(C)C. The Labute approximate surface area is 121 Å². The lowest BCUT2D eigenvalue weighted by molar-refractivity contribution is -0.122. The smallest absolute Gasteiger partial charge is 0.255 e. The highest BCUT2D eigenvalue weighted by molar-refractivity contribution is 6.30. The zero-order valence-corrected chi connectivity index (χ0v) is 12.6. The van der Waals surface area contributed by atoms with Crippen LogP contribution in [-0.2, 0) is 4.79 Å². The number of rotatable bonds is 4. The van der Waals surface area contributed by atoms with Crippen molar-refractivity contribution in [1.82, 2.24) is 24.9 Å². The fourth-order valence-electron chi connectivity index (χ4n) is 1.75. The molecule has 0 spiro atoms. The van der Waals surface area contributed by atoms with Crippen LogP contribution in [0.3, 0.4) is 0 Å². The van der Waals surface area contributed by atoms with Gasteiger partial charge in [-0.2, -0.15) is 19.6 Å². The van der Waals surface area contributed by atoms with Gasteiger partial charge in [-0.1, -0.05) is 11.6 Å². The summed E-state index contributed by atoms with van der Waals surface area (Å²) < 4.78 is 1.53. The van der Waals surface area contributed by atoms with Crippen LogP contribution in [0.15, 0.2) is 6.33 Å². The van der Waals surface area contributed by atoms with Gasteiger partial charge < -0.3 is 10.6 Å². The second kappa shape index (κ2) is 5.62. The van der Waals surface area contributed by atoms with E-state index in [1.807, 2.05) is 20.8 Å². The summed E-state index contributed by atoms with van der Waals surface area (Å²) in [5.41, 5.74) is 0.717. The molecule has 1 amide bonds. The highest BCUT2D eigenvalue weighted by atomic mass is 35.5. The van der Waals surface area contributed by atoms with E-state index in [0.717, 1.165) is 0 Å². The van der Waals surface area contributed by atoms with Gasteiger partial charge in [-0.15, -0.1) is 0 Å². The van der Waals surface area contributed by atoms with E-state index in [1.54, 1.807) is 6.92 Å². The second-order valence-corrected chi connectivity index (χ2v) is 5.24. The number of fused-ring (bicyclic) bond motifs is 1. The molecular weight excluding hydrogens is 280 g/mol. The quantitative estimate of drug-likeness (QED) is 0.834. The first-order valence-corrected chi connectivity index (χ1v) is 6.70. The minimum Gasteiger partial charge on any atom is -0.358 e. The molecule has 20 heavy (non-hydrogen) atoms. The van der Waals surface area contributed by atoms with E-state index < -0.39 is 6.04 Å². The molecule has 108 valence electrons. The van der Waals surface area contributed by atoms with Crippen LogP contribution >= 0.6 is 11.6 Å². The number of halogens is 1. The molecule has 0 saturated heterocycles. The van der Waals surface area contributed by atoms with E-state index in [2.05, 4.69) is 25.7 Å². The molecule has 0 aliphatic heterocycles. The predicted octanol–water partition coefficient (Wildman–Crippen LogP) is 1.41. The molecular formula is C12H17ClN6O. The Morgan fingerprint density at radius 3 is 2.75 bits per heavy atom. The molecule has 1 unspecified atom stereocenters. The number of aromatic nitrogens is 4. The Morgan fingerprint density at radius 1 is 1.40 bits per heavy atom. The fourth-order valence-corrected chi connectivity index (χ4v) is 1.91. The first kappa shape index (κ1) is 14.5. The van der Waals surface area contributed by atoms with Crippen molar-refractivity contribution in [1.29, 1.82) is 0 Å². The van der Waals surface area contributed by atoms with Gasteiger partial charge in [0.25, 0.3) is 5.78 Å². The summed E-state index contributed by atoms with van der Waals surface area (Å²) in [6.45, 7) is 7.41. The maximum Gasteiger partial charge on any atom is 0.255 e. The lowest BCUT2D eigenvalue weighted by atomic mass is 10.2. The molecule has 1 atom stereocenters. The van der Waals surface area contributed by atoms with Crippen molar-refractivity contribution >= 4 is 29.1 Å².